The van der Waals surface area contributed by atoms with E-state index in [0.29, 0.717) is 31.2 Å². The van der Waals surface area contributed by atoms with E-state index in [0.717, 1.165) is 5.56 Å². The Bertz CT molecular complexity index is 1280. The lowest BCUT2D eigenvalue weighted by Gasteiger charge is -2.55. The molecule has 0 spiro atoms. The zero-order chi connectivity index (χ0) is 34.8. The molecule has 2 N–H and O–H groups in total. The van der Waals surface area contributed by atoms with Crippen molar-refractivity contribution >= 4 is 23.9 Å². The third kappa shape index (κ3) is 8.07. The Kier molecular flexibility index (Phi) is 11.4. The Morgan fingerprint density at radius 2 is 1.07 bits per heavy atom. The minimum atomic E-state index is -1.29. The summed E-state index contributed by atoms with van der Waals surface area (Å²) in [6, 6.07) is 3.22. The number of carbonyl (C=O) groups is 4. The van der Waals surface area contributed by atoms with Gasteiger partial charge in [-0.1, -0.05) is 6.07 Å². The second kappa shape index (κ2) is 14.0. The van der Waals surface area contributed by atoms with E-state index in [9.17, 15) is 29.4 Å². The van der Waals surface area contributed by atoms with Crippen LogP contribution in [0.25, 0.3) is 0 Å². The highest BCUT2D eigenvalue weighted by Crippen LogP contribution is 2.52. The molecule has 0 unspecified atom stereocenters. The highest BCUT2D eigenvalue weighted by atomic mass is 16.7. The number of nitrogens with zero attached hydrogens (tertiary/aromatic N) is 2. The van der Waals surface area contributed by atoms with Crippen LogP contribution in [0, 0.1) is 0 Å². The molecule has 2 fully saturated rings. The number of hydrogen-bond donors (Lipinski definition) is 2. The fraction of sp³-hybridized carbons (Fsp3) is 0.706. The molecule has 0 saturated carbocycles. The van der Waals surface area contributed by atoms with Crippen molar-refractivity contribution in [1.29, 1.82) is 0 Å². The van der Waals surface area contributed by atoms with Crippen molar-refractivity contribution in [2.75, 3.05) is 27.4 Å². The number of aromatic carboxylic acids is 2. The molecule has 0 aliphatic carbocycles. The summed E-state index contributed by atoms with van der Waals surface area (Å²) in [5.41, 5.74) is -1.23. The zero-order valence-corrected chi connectivity index (χ0v) is 29.0. The molecule has 0 aromatic heterocycles. The van der Waals surface area contributed by atoms with Crippen LogP contribution in [0.5, 0.6) is 0 Å². The molecular weight excluding hydrogens is 596 g/mol. The minimum absolute atomic E-state index is 0.0905. The van der Waals surface area contributed by atoms with Gasteiger partial charge in [-0.05, 0) is 110 Å². The highest BCUT2D eigenvalue weighted by Gasteiger charge is 2.51. The van der Waals surface area contributed by atoms with Crippen LogP contribution in [-0.2, 0) is 28.7 Å². The molecule has 2 aliphatic rings. The first-order valence-corrected chi connectivity index (χ1v) is 15.8. The number of methoxy groups -OCH3 is 2. The number of hydrogen-bond acceptors (Lipinski definition) is 10. The molecule has 46 heavy (non-hydrogen) atoms. The fourth-order valence-electron chi connectivity index (χ4n) is 8.13. The van der Waals surface area contributed by atoms with E-state index >= 15 is 0 Å². The number of hydroxylamine groups is 4. The van der Waals surface area contributed by atoms with Gasteiger partial charge in [0, 0.05) is 22.2 Å². The van der Waals surface area contributed by atoms with Gasteiger partial charge >= 0.3 is 23.9 Å². The van der Waals surface area contributed by atoms with Crippen molar-refractivity contribution in [3.8, 4) is 0 Å². The molecule has 2 aliphatic heterocycles. The molecular formula is C34H52N2O10. The molecule has 12 heteroatoms. The lowest BCUT2D eigenvalue weighted by molar-refractivity contribution is -0.284. The number of ether oxygens (including phenoxy) is 2. The quantitative estimate of drug-likeness (QED) is 0.274. The van der Waals surface area contributed by atoms with Gasteiger partial charge in [0.1, 0.15) is 0 Å². The van der Waals surface area contributed by atoms with Crippen molar-refractivity contribution in [3.63, 3.8) is 0 Å². The maximum absolute atomic E-state index is 12.9. The first-order valence-electron chi connectivity index (χ1n) is 15.8. The Morgan fingerprint density at radius 3 is 1.41 bits per heavy atom. The van der Waals surface area contributed by atoms with E-state index in [4.69, 9.17) is 19.1 Å². The van der Waals surface area contributed by atoms with Crippen LogP contribution in [0.15, 0.2) is 12.1 Å². The number of rotatable bonds is 12. The van der Waals surface area contributed by atoms with E-state index < -0.39 is 34.1 Å². The molecule has 258 valence electrons. The van der Waals surface area contributed by atoms with Gasteiger partial charge < -0.3 is 19.7 Å². The third-order valence-electron chi connectivity index (χ3n) is 9.26. The van der Waals surface area contributed by atoms with Crippen LogP contribution in [0.4, 0.5) is 0 Å². The number of piperidine rings is 2. The summed E-state index contributed by atoms with van der Waals surface area (Å²) in [6.07, 6.45) is 2.40. The normalized spacial score (nSPS) is 21.4. The highest BCUT2D eigenvalue weighted by molar-refractivity contribution is 6.03. The van der Waals surface area contributed by atoms with Crippen molar-refractivity contribution < 1.29 is 48.5 Å². The van der Waals surface area contributed by atoms with Crippen molar-refractivity contribution in [2.24, 2.45) is 0 Å². The monoisotopic (exact) mass is 648 g/mol. The molecule has 1 aromatic rings. The number of carboxylic acids is 2. The average Bonchev–Trinajstić information content (AvgIpc) is 2.93. The molecule has 0 bridgehead atoms. The first kappa shape index (κ1) is 37.4. The molecule has 0 radical (unpaired) electrons. The summed E-state index contributed by atoms with van der Waals surface area (Å²) < 4.78 is 9.51. The zero-order valence-electron chi connectivity index (χ0n) is 29.0. The smallest absolute Gasteiger partial charge is 0.336 e. The second-order valence-corrected chi connectivity index (χ2v) is 15.0. The molecule has 0 atom stereocenters. The lowest BCUT2D eigenvalue weighted by Crippen LogP contribution is -2.60. The van der Waals surface area contributed by atoms with Crippen LogP contribution < -0.4 is 0 Å². The summed E-state index contributed by atoms with van der Waals surface area (Å²) >= 11 is 0. The average molecular weight is 649 g/mol. The van der Waals surface area contributed by atoms with E-state index in [1.54, 1.807) is 6.07 Å². The first-order chi connectivity index (χ1) is 21.2. The minimum Gasteiger partial charge on any atom is -0.478 e. The van der Waals surface area contributed by atoms with Gasteiger partial charge in [-0.2, -0.15) is 10.1 Å². The maximum atomic E-state index is 12.9. The Labute approximate surface area is 272 Å². The van der Waals surface area contributed by atoms with Crippen LogP contribution >= 0.6 is 0 Å². The summed E-state index contributed by atoms with van der Waals surface area (Å²) in [5, 5.41) is 24.5. The summed E-state index contributed by atoms with van der Waals surface area (Å²) in [5.74, 6) is -3.71. The number of esters is 2. The summed E-state index contributed by atoms with van der Waals surface area (Å²) in [4.78, 5) is 61.1. The van der Waals surface area contributed by atoms with Crippen LogP contribution in [0.1, 0.15) is 138 Å². The maximum Gasteiger partial charge on any atom is 0.336 e. The largest absolute Gasteiger partial charge is 0.478 e. The Hall–Kier alpha value is -3.06. The van der Waals surface area contributed by atoms with Gasteiger partial charge in [0.05, 0.1) is 51.4 Å². The van der Waals surface area contributed by atoms with Gasteiger partial charge in [0.15, 0.2) is 0 Å². The van der Waals surface area contributed by atoms with E-state index in [1.165, 1.54) is 20.3 Å². The summed E-state index contributed by atoms with van der Waals surface area (Å²) in [6.45, 7) is 16.6. The Morgan fingerprint density at radius 1 is 0.674 bits per heavy atom. The van der Waals surface area contributed by atoms with Gasteiger partial charge in [-0.15, -0.1) is 0 Å². The van der Waals surface area contributed by atoms with Gasteiger partial charge in [-0.3, -0.25) is 19.3 Å². The van der Waals surface area contributed by atoms with E-state index in [-0.39, 0.29) is 61.0 Å². The topological polar surface area (TPSA) is 152 Å². The van der Waals surface area contributed by atoms with Crippen LogP contribution in [0.3, 0.4) is 0 Å². The van der Waals surface area contributed by atoms with E-state index in [2.05, 4.69) is 27.7 Å². The summed E-state index contributed by atoms with van der Waals surface area (Å²) in [7, 11) is 2.67. The molecule has 2 saturated heterocycles. The lowest BCUT2D eigenvalue weighted by atomic mass is 9.66. The molecule has 12 nitrogen and oxygen atoms in total. The molecule has 0 amide bonds. The van der Waals surface area contributed by atoms with E-state index in [1.807, 2.05) is 37.8 Å². The standard InChI is InChI=1S/C34H52N2O10/c1-31(2)17-21(18-32(3,4)35(31)45-15-13-25(37)43-9)23-11-12-24(29(39)40)28(30(41)42)27(23)22-19-33(5,6)36(34(7,8)20-22)46-16-14-26(38)44-10/h11-12,21-22H,13-20H2,1-10H3,(H,39,40)(H,41,42). The van der Waals surface area contributed by atoms with Crippen LogP contribution in [0.2, 0.25) is 0 Å². The predicted molar refractivity (Wildman–Crippen MR) is 169 cm³/mol. The second-order valence-electron chi connectivity index (χ2n) is 15.0. The van der Waals surface area contributed by atoms with Crippen molar-refractivity contribution in [1.82, 2.24) is 10.1 Å². The number of benzene rings is 1. The SMILES string of the molecule is COC(=O)CCON1C(C)(C)CC(c2ccc(C(=O)O)c(C(=O)O)c2C2CC(C)(C)N(OCCC(=O)OC)C(C)(C)C2)CC1(C)C. The van der Waals surface area contributed by atoms with Gasteiger partial charge in [-0.25, -0.2) is 9.59 Å². The Balaban J connectivity index is 2.08. The van der Waals surface area contributed by atoms with Crippen molar-refractivity contribution in [2.45, 2.75) is 128 Å². The molecule has 1 aromatic carbocycles. The number of carboxylic acid groups (broad SMARTS) is 2. The van der Waals surface area contributed by atoms with Gasteiger partial charge in [0.2, 0.25) is 0 Å². The molecule has 3 rings (SSSR count). The van der Waals surface area contributed by atoms with Crippen LogP contribution in [-0.4, -0.2) is 93.8 Å². The fourth-order valence-corrected chi connectivity index (χ4v) is 8.13. The third-order valence-corrected chi connectivity index (χ3v) is 9.26. The predicted octanol–water partition coefficient (Wildman–Crippen LogP) is 5.55. The molecule has 2 heterocycles. The van der Waals surface area contributed by atoms with Crippen molar-refractivity contribution in [3.05, 3.63) is 34.4 Å². The number of carbonyl (C=O) groups excluding carboxylic acids is 2. The van der Waals surface area contributed by atoms with Gasteiger partial charge in [0.25, 0.3) is 0 Å².